The summed E-state index contributed by atoms with van der Waals surface area (Å²) in [6.07, 6.45) is 3.99. The van der Waals surface area contributed by atoms with Crippen molar-refractivity contribution in [2.75, 3.05) is 26.2 Å². The molecule has 6 heteroatoms. The van der Waals surface area contributed by atoms with E-state index in [-0.39, 0.29) is 11.8 Å². The molecule has 0 bridgehead atoms. The largest absolute Gasteiger partial charge is 0.337 e. The predicted molar refractivity (Wildman–Crippen MR) is 92.1 cm³/mol. The second-order valence-corrected chi connectivity index (χ2v) is 6.12. The summed E-state index contributed by atoms with van der Waals surface area (Å²) in [5, 5.41) is 0.608. The Balaban J connectivity index is 1.65. The highest BCUT2D eigenvalue weighted by Gasteiger charge is 2.23. The monoisotopic (exact) mass is 343 g/mol. The molecule has 0 radical (unpaired) electrons. The Morgan fingerprint density at radius 1 is 0.792 bits per heavy atom. The van der Waals surface area contributed by atoms with Gasteiger partial charge >= 0.3 is 0 Å². The van der Waals surface area contributed by atoms with E-state index >= 15 is 0 Å². The number of hydrogen-bond donors (Lipinski definition) is 0. The summed E-state index contributed by atoms with van der Waals surface area (Å²) in [5.41, 5.74) is 1.25. The van der Waals surface area contributed by atoms with E-state index in [9.17, 15) is 9.59 Å². The van der Waals surface area contributed by atoms with E-state index in [1.54, 1.807) is 58.6 Å². The normalized spacial score (nSPS) is 15.0. The SMILES string of the molecule is O=C(c1ccncc1)N1CCCN(C(=O)c2ccc(Cl)cc2)CC1. The van der Waals surface area contributed by atoms with Gasteiger partial charge in [0.15, 0.2) is 0 Å². The van der Waals surface area contributed by atoms with Gasteiger partial charge in [0.05, 0.1) is 0 Å². The average molecular weight is 344 g/mol. The van der Waals surface area contributed by atoms with Crippen LogP contribution in [0.4, 0.5) is 0 Å². The highest BCUT2D eigenvalue weighted by molar-refractivity contribution is 6.30. The zero-order chi connectivity index (χ0) is 16.9. The van der Waals surface area contributed by atoms with Crippen LogP contribution in [-0.4, -0.2) is 52.8 Å². The zero-order valence-corrected chi connectivity index (χ0v) is 13.9. The van der Waals surface area contributed by atoms with Gasteiger partial charge in [-0.05, 0) is 42.8 Å². The molecule has 24 heavy (non-hydrogen) atoms. The first-order valence-corrected chi connectivity index (χ1v) is 8.27. The number of amides is 2. The molecule has 0 unspecified atom stereocenters. The van der Waals surface area contributed by atoms with Crippen LogP contribution in [-0.2, 0) is 0 Å². The number of nitrogens with zero attached hydrogens (tertiary/aromatic N) is 3. The lowest BCUT2D eigenvalue weighted by Gasteiger charge is -2.22. The maximum atomic E-state index is 12.6. The maximum Gasteiger partial charge on any atom is 0.254 e. The molecule has 1 aliphatic rings. The standard InChI is InChI=1S/C18H18ClN3O2/c19-16-4-2-14(3-5-16)17(23)21-10-1-11-22(13-12-21)18(24)15-6-8-20-9-7-15/h2-9H,1,10-13H2. The minimum absolute atomic E-state index is 0.0156. The Hall–Kier alpha value is -2.40. The molecule has 0 saturated carbocycles. The summed E-state index contributed by atoms with van der Waals surface area (Å²) in [5.74, 6) is -0.0388. The number of rotatable bonds is 2. The predicted octanol–water partition coefficient (Wildman–Crippen LogP) is 2.72. The van der Waals surface area contributed by atoms with Crippen molar-refractivity contribution in [2.24, 2.45) is 0 Å². The highest BCUT2D eigenvalue weighted by Crippen LogP contribution is 2.14. The minimum Gasteiger partial charge on any atom is -0.337 e. The fraction of sp³-hybridized carbons (Fsp3) is 0.278. The van der Waals surface area contributed by atoms with E-state index in [0.717, 1.165) is 6.42 Å². The molecule has 3 rings (SSSR count). The van der Waals surface area contributed by atoms with Crippen molar-refractivity contribution >= 4 is 23.4 Å². The Kier molecular flexibility index (Phi) is 5.11. The Labute approximate surface area is 145 Å². The quantitative estimate of drug-likeness (QED) is 0.842. The lowest BCUT2D eigenvalue weighted by atomic mass is 10.2. The molecule has 2 aromatic rings. The number of carbonyl (C=O) groups excluding carboxylic acids is 2. The Morgan fingerprint density at radius 2 is 1.29 bits per heavy atom. The smallest absolute Gasteiger partial charge is 0.254 e. The molecule has 1 saturated heterocycles. The Bertz CT molecular complexity index is 719. The molecule has 1 fully saturated rings. The van der Waals surface area contributed by atoms with Crippen molar-refractivity contribution in [3.05, 3.63) is 64.9 Å². The second-order valence-electron chi connectivity index (χ2n) is 5.68. The third kappa shape index (κ3) is 3.74. The number of pyridine rings is 1. The van der Waals surface area contributed by atoms with Crippen molar-refractivity contribution in [3.8, 4) is 0 Å². The summed E-state index contributed by atoms with van der Waals surface area (Å²) < 4.78 is 0. The van der Waals surface area contributed by atoms with Gasteiger partial charge in [0.2, 0.25) is 0 Å². The molecule has 124 valence electrons. The van der Waals surface area contributed by atoms with Gasteiger partial charge in [-0.15, -0.1) is 0 Å². The van der Waals surface area contributed by atoms with Crippen molar-refractivity contribution in [3.63, 3.8) is 0 Å². The van der Waals surface area contributed by atoms with Gasteiger partial charge in [0.1, 0.15) is 0 Å². The fourth-order valence-electron chi connectivity index (χ4n) is 2.78. The van der Waals surface area contributed by atoms with Crippen molar-refractivity contribution in [1.29, 1.82) is 0 Å². The average Bonchev–Trinajstić information content (AvgIpc) is 2.88. The third-order valence-electron chi connectivity index (χ3n) is 4.09. The van der Waals surface area contributed by atoms with Crippen LogP contribution in [0.1, 0.15) is 27.1 Å². The van der Waals surface area contributed by atoms with Gasteiger partial charge in [-0.1, -0.05) is 11.6 Å². The van der Waals surface area contributed by atoms with E-state index < -0.39 is 0 Å². The van der Waals surface area contributed by atoms with Crippen LogP contribution in [0.15, 0.2) is 48.8 Å². The van der Waals surface area contributed by atoms with E-state index in [0.29, 0.717) is 42.3 Å². The van der Waals surface area contributed by atoms with Crippen LogP contribution in [0.3, 0.4) is 0 Å². The molecule has 0 aliphatic carbocycles. The molecule has 1 aromatic carbocycles. The molecule has 0 spiro atoms. The van der Waals surface area contributed by atoms with Crippen LogP contribution in [0.2, 0.25) is 5.02 Å². The van der Waals surface area contributed by atoms with Crippen molar-refractivity contribution in [1.82, 2.24) is 14.8 Å². The van der Waals surface area contributed by atoms with Gasteiger partial charge in [-0.25, -0.2) is 0 Å². The number of carbonyl (C=O) groups is 2. The molecular weight excluding hydrogens is 326 g/mol. The van der Waals surface area contributed by atoms with Crippen LogP contribution in [0.5, 0.6) is 0 Å². The molecule has 0 atom stereocenters. The van der Waals surface area contributed by atoms with Gasteiger partial charge in [-0.2, -0.15) is 0 Å². The van der Waals surface area contributed by atoms with E-state index in [1.807, 2.05) is 0 Å². The first-order chi connectivity index (χ1) is 11.6. The van der Waals surface area contributed by atoms with Crippen LogP contribution >= 0.6 is 11.6 Å². The lowest BCUT2D eigenvalue weighted by molar-refractivity contribution is 0.0718. The second kappa shape index (κ2) is 7.45. The minimum atomic E-state index is -0.0233. The molecule has 2 amide bonds. The Morgan fingerprint density at radius 3 is 1.83 bits per heavy atom. The van der Waals surface area contributed by atoms with Crippen molar-refractivity contribution in [2.45, 2.75) is 6.42 Å². The van der Waals surface area contributed by atoms with E-state index in [1.165, 1.54) is 0 Å². The molecule has 5 nitrogen and oxygen atoms in total. The van der Waals surface area contributed by atoms with Gasteiger partial charge in [0.25, 0.3) is 11.8 Å². The number of aromatic nitrogens is 1. The van der Waals surface area contributed by atoms with Gasteiger partial charge in [-0.3, -0.25) is 14.6 Å². The number of halogens is 1. The first-order valence-electron chi connectivity index (χ1n) is 7.89. The third-order valence-corrected chi connectivity index (χ3v) is 4.34. The molecule has 1 aliphatic heterocycles. The summed E-state index contributed by atoms with van der Waals surface area (Å²) in [7, 11) is 0. The topological polar surface area (TPSA) is 53.5 Å². The fourth-order valence-corrected chi connectivity index (χ4v) is 2.90. The van der Waals surface area contributed by atoms with Crippen molar-refractivity contribution < 1.29 is 9.59 Å². The highest BCUT2D eigenvalue weighted by atomic mass is 35.5. The molecular formula is C18H18ClN3O2. The maximum absolute atomic E-state index is 12.6. The summed E-state index contributed by atoms with van der Waals surface area (Å²) in [6.45, 7) is 2.34. The van der Waals surface area contributed by atoms with Crippen LogP contribution < -0.4 is 0 Å². The molecule has 2 heterocycles. The van der Waals surface area contributed by atoms with E-state index in [2.05, 4.69) is 4.98 Å². The lowest BCUT2D eigenvalue weighted by Crippen LogP contribution is -2.37. The molecule has 0 N–H and O–H groups in total. The van der Waals surface area contributed by atoms with Crippen LogP contribution in [0.25, 0.3) is 0 Å². The van der Waals surface area contributed by atoms with E-state index in [4.69, 9.17) is 11.6 Å². The van der Waals surface area contributed by atoms with Gasteiger partial charge < -0.3 is 9.80 Å². The molecule has 1 aromatic heterocycles. The number of hydrogen-bond acceptors (Lipinski definition) is 3. The summed E-state index contributed by atoms with van der Waals surface area (Å²) in [6, 6.07) is 10.3. The summed E-state index contributed by atoms with van der Waals surface area (Å²) in [4.78, 5) is 32.6. The van der Waals surface area contributed by atoms with Gasteiger partial charge in [0, 0.05) is 54.7 Å². The number of benzene rings is 1. The zero-order valence-electron chi connectivity index (χ0n) is 13.2. The van der Waals surface area contributed by atoms with Crippen LogP contribution in [0, 0.1) is 0 Å². The summed E-state index contributed by atoms with van der Waals surface area (Å²) >= 11 is 5.87. The first kappa shape index (κ1) is 16.5.